The number of amides is 1. The van der Waals surface area contributed by atoms with Crippen LogP contribution in [0.1, 0.15) is 47.2 Å². The molecule has 0 radical (unpaired) electrons. The molecule has 0 spiro atoms. The van der Waals surface area contributed by atoms with Gasteiger partial charge in [-0.25, -0.2) is 4.68 Å². The van der Waals surface area contributed by atoms with Crippen molar-refractivity contribution in [1.29, 1.82) is 0 Å². The molecule has 0 unspecified atom stereocenters. The Morgan fingerprint density at radius 2 is 2.00 bits per heavy atom. The molecule has 1 saturated heterocycles. The number of carbonyl (C=O) groups excluding carboxylic acids is 1. The first kappa shape index (κ1) is 19.9. The van der Waals surface area contributed by atoms with Gasteiger partial charge >= 0.3 is 0 Å². The van der Waals surface area contributed by atoms with Crippen LogP contribution in [0.2, 0.25) is 0 Å². The summed E-state index contributed by atoms with van der Waals surface area (Å²) in [6, 6.07) is 8.01. The number of carbonyl (C=O) groups is 1. The number of aryl methyl sites for hydroxylation is 1. The Hall–Kier alpha value is -3.03. The summed E-state index contributed by atoms with van der Waals surface area (Å²) >= 11 is 0. The molecule has 7 nitrogen and oxygen atoms in total. The number of hydrogen-bond acceptors (Lipinski definition) is 5. The highest BCUT2D eigenvalue weighted by molar-refractivity contribution is 5.96. The molecule has 2 fully saturated rings. The standard InChI is InChI=1S/C24H26N4O3/c1-16-2-3-17(23(29)27-20-4-5-20)10-22(16)18-12-26-28(15-18)21-11-19(13-25-14-21)24(30)6-8-31-9-7-24/h2-3,10-15,20,30H,4-9H2,1H3,(H,27,29). The Morgan fingerprint density at radius 3 is 2.77 bits per heavy atom. The number of benzene rings is 1. The molecule has 1 amide bonds. The summed E-state index contributed by atoms with van der Waals surface area (Å²) in [5, 5.41) is 18.6. The maximum atomic E-state index is 12.5. The average molecular weight is 418 g/mol. The molecule has 31 heavy (non-hydrogen) atoms. The molecule has 1 aliphatic heterocycles. The molecule has 2 aliphatic rings. The molecular weight excluding hydrogens is 392 g/mol. The van der Waals surface area contributed by atoms with Gasteiger partial charge in [-0.05, 0) is 49.1 Å². The van der Waals surface area contributed by atoms with E-state index in [-0.39, 0.29) is 5.91 Å². The van der Waals surface area contributed by atoms with Gasteiger partial charge in [0.25, 0.3) is 5.91 Å². The molecule has 3 heterocycles. The Morgan fingerprint density at radius 1 is 1.19 bits per heavy atom. The Bertz CT molecular complexity index is 1110. The number of ether oxygens (including phenoxy) is 1. The second-order valence-corrected chi connectivity index (χ2v) is 8.53. The van der Waals surface area contributed by atoms with Crippen molar-refractivity contribution in [2.24, 2.45) is 0 Å². The minimum atomic E-state index is -0.920. The molecule has 5 rings (SSSR count). The monoisotopic (exact) mass is 418 g/mol. The summed E-state index contributed by atoms with van der Waals surface area (Å²) < 4.78 is 7.14. The van der Waals surface area contributed by atoms with Gasteiger partial charge in [0.05, 0.1) is 23.7 Å². The molecule has 0 bridgehead atoms. The van der Waals surface area contributed by atoms with Crippen molar-refractivity contribution < 1.29 is 14.6 Å². The van der Waals surface area contributed by atoms with Crippen molar-refractivity contribution >= 4 is 5.91 Å². The molecule has 2 aromatic heterocycles. The highest BCUT2D eigenvalue weighted by Crippen LogP contribution is 2.32. The molecule has 160 valence electrons. The maximum Gasteiger partial charge on any atom is 0.251 e. The fourth-order valence-corrected chi connectivity index (χ4v) is 3.98. The highest BCUT2D eigenvalue weighted by Gasteiger charge is 2.32. The molecule has 0 atom stereocenters. The number of aromatic nitrogens is 3. The van der Waals surface area contributed by atoms with Gasteiger partial charge in [-0.3, -0.25) is 9.78 Å². The van der Waals surface area contributed by atoms with E-state index in [1.54, 1.807) is 23.3 Å². The molecular formula is C24H26N4O3. The topological polar surface area (TPSA) is 89.3 Å². The van der Waals surface area contributed by atoms with E-state index in [4.69, 9.17) is 4.74 Å². The van der Waals surface area contributed by atoms with E-state index in [2.05, 4.69) is 15.4 Å². The van der Waals surface area contributed by atoms with Crippen LogP contribution in [0.3, 0.4) is 0 Å². The molecule has 3 aromatic rings. The van der Waals surface area contributed by atoms with Crippen LogP contribution in [0.4, 0.5) is 0 Å². The third-order valence-corrected chi connectivity index (χ3v) is 6.15. The summed E-state index contributed by atoms with van der Waals surface area (Å²) in [5.41, 5.74) is 4.27. The van der Waals surface area contributed by atoms with Crippen LogP contribution in [-0.4, -0.2) is 45.0 Å². The Balaban J connectivity index is 1.43. The lowest BCUT2D eigenvalue weighted by molar-refractivity contribution is -0.0681. The molecule has 7 heteroatoms. The first-order valence-electron chi connectivity index (χ1n) is 10.7. The SMILES string of the molecule is Cc1ccc(C(=O)NC2CC2)cc1-c1cnn(-c2cncc(C3(O)CCOCC3)c2)c1. The van der Waals surface area contributed by atoms with Crippen molar-refractivity contribution in [1.82, 2.24) is 20.1 Å². The van der Waals surface area contributed by atoms with Gasteiger partial charge in [0, 0.05) is 61.2 Å². The minimum absolute atomic E-state index is 0.0299. The summed E-state index contributed by atoms with van der Waals surface area (Å²) in [4.78, 5) is 16.8. The zero-order chi connectivity index (χ0) is 21.4. The van der Waals surface area contributed by atoms with Crippen LogP contribution < -0.4 is 5.32 Å². The van der Waals surface area contributed by atoms with Crippen molar-refractivity contribution in [3.05, 3.63) is 65.7 Å². The maximum absolute atomic E-state index is 12.5. The first-order valence-corrected chi connectivity index (χ1v) is 10.7. The fourth-order valence-electron chi connectivity index (χ4n) is 3.98. The smallest absolute Gasteiger partial charge is 0.251 e. The van der Waals surface area contributed by atoms with Gasteiger partial charge in [-0.2, -0.15) is 5.10 Å². The van der Waals surface area contributed by atoms with Crippen molar-refractivity contribution in [3.8, 4) is 16.8 Å². The highest BCUT2D eigenvalue weighted by atomic mass is 16.5. The van der Waals surface area contributed by atoms with Crippen LogP contribution in [0, 0.1) is 6.92 Å². The molecule has 1 aromatic carbocycles. The van der Waals surface area contributed by atoms with Crippen LogP contribution in [0.15, 0.2) is 49.1 Å². The predicted octanol–water partition coefficient (Wildman–Crippen LogP) is 3.13. The van der Waals surface area contributed by atoms with E-state index >= 15 is 0 Å². The van der Waals surface area contributed by atoms with Gasteiger partial charge in [0.2, 0.25) is 0 Å². The Kier molecular flexibility index (Phi) is 5.08. The fraction of sp³-hybridized carbons (Fsp3) is 0.375. The number of pyridine rings is 1. The van der Waals surface area contributed by atoms with E-state index in [9.17, 15) is 9.90 Å². The summed E-state index contributed by atoms with van der Waals surface area (Å²) in [6.07, 6.45) is 10.4. The Labute approximate surface area is 181 Å². The normalized spacial score (nSPS) is 18.0. The van der Waals surface area contributed by atoms with Crippen LogP contribution in [0.5, 0.6) is 0 Å². The number of aliphatic hydroxyl groups is 1. The number of rotatable bonds is 5. The van der Waals surface area contributed by atoms with Crippen molar-refractivity contribution in [2.75, 3.05) is 13.2 Å². The van der Waals surface area contributed by atoms with Gasteiger partial charge in [0.1, 0.15) is 0 Å². The largest absolute Gasteiger partial charge is 0.385 e. The minimum Gasteiger partial charge on any atom is -0.385 e. The molecule has 2 N–H and O–H groups in total. The number of nitrogens with one attached hydrogen (secondary N) is 1. The van der Waals surface area contributed by atoms with Gasteiger partial charge in [0.15, 0.2) is 0 Å². The van der Waals surface area contributed by atoms with E-state index in [0.717, 1.165) is 40.8 Å². The number of hydrogen-bond donors (Lipinski definition) is 2. The zero-order valence-electron chi connectivity index (χ0n) is 17.5. The van der Waals surface area contributed by atoms with E-state index in [1.807, 2.05) is 37.4 Å². The van der Waals surface area contributed by atoms with Gasteiger partial charge in [-0.1, -0.05) is 6.07 Å². The summed E-state index contributed by atoms with van der Waals surface area (Å²) in [7, 11) is 0. The summed E-state index contributed by atoms with van der Waals surface area (Å²) in [6.45, 7) is 3.10. The van der Waals surface area contributed by atoms with E-state index < -0.39 is 5.60 Å². The second-order valence-electron chi connectivity index (χ2n) is 8.53. The van der Waals surface area contributed by atoms with Gasteiger partial charge in [-0.15, -0.1) is 0 Å². The lowest BCUT2D eigenvalue weighted by atomic mass is 9.87. The lowest BCUT2D eigenvalue weighted by Crippen LogP contribution is -2.33. The third-order valence-electron chi connectivity index (χ3n) is 6.15. The second kappa shape index (κ2) is 7.90. The predicted molar refractivity (Wildman–Crippen MR) is 116 cm³/mol. The van der Waals surface area contributed by atoms with Gasteiger partial charge < -0.3 is 15.2 Å². The van der Waals surface area contributed by atoms with E-state index in [1.165, 1.54) is 0 Å². The molecule has 1 saturated carbocycles. The van der Waals surface area contributed by atoms with Crippen molar-refractivity contribution in [2.45, 2.75) is 44.2 Å². The van der Waals surface area contributed by atoms with Crippen LogP contribution in [0.25, 0.3) is 16.8 Å². The quantitative estimate of drug-likeness (QED) is 0.665. The first-order chi connectivity index (χ1) is 15.0. The van der Waals surface area contributed by atoms with Crippen LogP contribution in [-0.2, 0) is 10.3 Å². The summed E-state index contributed by atoms with van der Waals surface area (Å²) in [5.74, 6) is -0.0299. The third kappa shape index (κ3) is 4.11. The van der Waals surface area contributed by atoms with Crippen molar-refractivity contribution in [3.63, 3.8) is 0 Å². The van der Waals surface area contributed by atoms with E-state index in [0.29, 0.717) is 37.7 Å². The number of nitrogens with zero attached hydrogens (tertiary/aromatic N) is 3. The lowest BCUT2D eigenvalue weighted by Gasteiger charge is -2.32. The molecule has 1 aliphatic carbocycles. The average Bonchev–Trinajstić information content (AvgIpc) is 3.46. The zero-order valence-corrected chi connectivity index (χ0v) is 17.5. The van der Waals surface area contributed by atoms with Crippen LogP contribution >= 0.6 is 0 Å².